The van der Waals surface area contributed by atoms with Crippen LogP contribution >= 0.6 is 23.2 Å². The molecule has 0 saturated heterocycles. The van der Waals surface area contributed by atoms with Crippen molar-refractivity contribution in [3.05, 3.63) is 56.4 Å². The molecule has 0 aliphatic rings. The van der Waals surface area contributed by atoms with E-state index < -0.39 is 11.5 Å². The van der Waals surface area contributed by atoms with Gasteiger partial charge in [-0.25, -0.2) is 4.79 Å². The zero-order valence-electron chi connectivity index (χ0n) is 10.6. The molecule has 0 amide bonds. The standard InChI is InChI=1S/C14H11Cl2NO3/c1-2-20-14(19)10-6-13(18)17-7-11(10)9-5-8(15)3-4-12(9)16/h3-7H,2H2,1H3,(H,17,18). The summed E-state index contributed by atoms with van der Waals surface area (Å²) in [5.74, 6) is -0.579. The summed E-state index contributed by atoms with van der Waals surface area (Å²) < 4.78 is 4.95. The lowest BCUT2D eigenvalue weighted by Gasteiger charge is -2.10. The van der Waals surface area contributed by atoms with E-state index in [9.17, 15) is 9.59 Å². The Balaban J connectivity index is 2.64. The minimum atomic E-state index is -0.579. The Kier molecular flexibility index (Phi) is 4.47. The van der Waals surface area contributed by atoms with Crippen molar-refractivity contribution in [1.29, 1.82) is 0 Å². The molecule has 1 aromatic heterocycles. The van der Waals surface area contributed by atoms with Crippen LogP contribution in [0.2, 0.25) is 10.0 Å². The quantitative estimate of drug-likeness (QED) is 0.882. The number of hydrogen-bond donors (Lipinski definition) is 1. The summed E-state index contributed by atoms with van der Waals surface area (Å²) in [6, 6.07) is 6.08. The number of halogens is 2. The van der Waals surface area contributed by atoms with Gasteiger partial charge in [0.1, 0.15) is 0 Å². The number of carbonyl (C=O) groups is 1. The Bertz CT molecular complexity index is 710. The van der Waals surface area contributed by atoms with E-state index in [2.05, 4.69) is 4.98 Å². The second-order valence-corrected chi connectivity index (χ2v) is 4.81. The summed E-state index contributed by atoms with van der Waals surface area (Å²) in [4.78, 5) is 25.9. The average molecular weight is 312 g/mol. The number of ether oxygens (including phenoxy) is 1. The number of benzene rings is 1. The minimum absolute atomic E-state index is 0.153. The minimum Gasteiger partial charge on any atom is -0.462 e. The van der Waals surface area contributed by atoms with Crippen molar-refractivity contribution in [2.45, 2.75) is 6.92 Å². The highest BCUT2D eigenvalue weighted by molar-refractivity contribution is 6.35. The average Bonchev–Trinajstić information content (AvgIpc) is 2.42. The van der Waals surface area contributed by atoms with E-state index >= 15 is 0 Å². The monoisotopic (exact) mass is 311 g/mol. The summed E-state index contributed by atoms with van der Waals surface area (Å²) in [6.45, 7) is 1.91. The lowest BCUT2D eigenvalue weighted by Crippen LogP contribution is -2.13. The summed E-state index contributed by atoms with van der Waals surface area (Å²) in [5.41, 5.74) is 0.781. The number of carbonyl (C=O) groups excluding carboxylic acids is 1. The van der Waals surface area contributed by atoms with Crippen LogP contribution in [0.3, 0.4) is 0 Å². The van der Waals surface area contributed by atoms with Gasteiger partial charge < -0.3 is 9.72 Å². The molecule has 0 aliphatic carbocycles. The highest BCUT2D eigenvalue weighted by Crippen LogP contribution is 2.32. The first-order valence-electron chi connectivity index (χ1n) is 5.88. The largest absolute Gasteiger partial charge is 0.462 e. The molecule has 0 fully saturated rings. The molecule has 0 unspecified atom stereocenters. The number of nitrogens with one attached hydrogen (secondary N) is 1. The maximum Gasteiger partial charge on any atom is 0.339 e. The molecule has 1 heterocycles. The van der Waals surface area contributed by atoms with Crippen LogP contribution in [0, 0.1) is 0 Å². The zero-order valence-corrected chi connectivity index (χ0v) is 12.1. The molecular weight excluding hydrogens is 301 g/mol. The van der Waals surface area contributed by atoms with Crippen molar-refractivity contribution >= 4 is 29.2 Å². The number of rotatable bonds is 3. The van der Waals surface area contributed by atoms with Crippen LogP contribution in [0.5, 0.6) is 0 Å². The number of aromatic amines is 1. The SMILES string of the molecule is CCOC(=O)c1cc(=O)[nH]cc1-c1cc(Cl)ccc1Cl. The molecular formula is C14H11Cl2NO3. The van der Waals surface area contributed by atoms with Crippen molar-refractivity contribution in [3.63, 3.8) is 0 Å². The molecule has 1 N–H and O–H groups in total. The lowest BCUT2D eigenvalue weighted by molar-refractivity contribution is 0.0527. The van der Waals surface area contributed by atoms with E-state index in [0.29, 0.717) is 21.2 Å². The lowest BCUT2D eigenvalue weighted by atomic mass is 10.0. The van der Waals surface area contributed by atoms with E-state index in [4.69, 9.17) is 27.9 Å². The molecule has 0 radical (unpaired) electrons. The maximum absolute atomic E-state index is 11.9. The fourth-order valence-corrected chi connectivity index (χ4v) is 2.17. The topological polar surface area (TPSA) is 59.2 Å². The van der Waals surface area contributed by atoms with Crippen molar-refractivity contribution in [1.82, 2.24) is 4.98 Å². The summed E-state index contributed by atoms with van der Waals surface area (Å²) >= 11 is 12.1. The fourth-order valence-electron chi connectivity index (χ4n) is 1.78. The van der Waals surface area contributed by atoms with Gasteiger partial charge in [0.25, 0.3) is 0 Å². The first-order chi connectivity index (χ1) is 9.52. The maximum atomic E-state index is 11.9. The molecule has 2 rings (SSSR count). The van der Waals surface area contributed by atoms with Crippen LogP contribution in [0.15, 0.2) is 35.3 Å². The summed E-state index contributed by atoms with van der Waals surface area (Å²) in [6.07, 6.45) is 1.42. The predicted molar refractivity (Wildman–Crippen MR) is 78.5 cm³/mol. The van der Waals surface area contributed by atoms with E-state index in [-0.39, 0.29) is 12.2 Å². The van der Waals surface area contributed by atoms with Gasteiger partial charge in [-0.05, 0) is 25.1 Å². The van der Waals surface area contributed by atoms with Gasteiger partial charge in [0.05, 0.1) is 12.2 Å². The Morgan fingerprint density at radius 3 is 2.70 bits per heavy atom. The second-order valence-electron chi connectivity index (χ2n) is 3.97. The van der Waals surface area contributed by atoms with Gasteiger partial charge >= 0.3 is 5.97 Å². The van der Waals surface area contributed by atoms with Gasteiger partial charge in [-0.3, -0.25) is 4.79 Å². The second kappa shape index (κ2) is 6.11. The Morgan fingerprint density at radius 1 is 1.25 bits per heavy atom. The number of pyridine rings is 1. The molecule has 6 heteroatoms. The van der Waals surface area contributed by atoms with E-state index in [1.54, 1.807) is 25.1 Å². The first-order valence-corrected chi connectivity index (χ1v) is 6.63. The fraction of sp³-hybridized carbons (Fsp3) is 0.143. The Morgan fingerprint density at radius 2 is 2.00 bits per heavy atom. The van der Waals surface area contributed by atoms with Gasteiger partial charge in [0.2, 0.25) is 5.56 Å². The molecule has 104 valence electrons. The molecule has 0 aliphatic heterocycles. The first kappa shape index (κ1) is 14.6. The molecule has 0 spiro atoms. The van der Waals surface area contributed by atoms with E-state index in [1.165, 1.54) is 12.3 Å². The molecule has 0 saturated carbocycles. The molecule has 0 atom stereocenters. The van der Waals surface area contributed by atoms with Crippen LogP contribution in [0.4, 0.5) is 0 Å². The van der Waals surface area contributed by atoms with Crippen molar-refractivity contribution in [3.8, 4) is 11.1 Å². The van der Waals surface area contributed by atoms with Crippen molar-refractivity contribution in [2.24, 2.45) is 0 Å². The predicted octanol–water partition coefficient (Wildman–Crippen LogP) is 3.53. The van der Waals surface area contributed by atoms with Crippen LogP contribution in [-0.4, -0.2) is 17.6 Å². The third-order valence-electron chi connectivity index (χ3n) is 2.64. The highest BCUT2D eigenvalue weighted by Gasteiger charge is 2.17. The van der Waals surface area contributed by atoms with Crippen LogP contribution < -0.4 is 5.56 Å². The number of H-pyrrole nitrogens is 1. The summed E-state index contributed by atoms with van der Waals surface area (Å²) in [5, 5.41) is 0.900. The smallest absolute Gasteiger partial charge is 0.339 e. The Labute approximate surface area is 125 Å². The van der Waals surface area contributed by atoms with Gasteiger partial charge in [0.15, 0.2) is 0 Å². The zero-order chi connectivity index (χ0) is 14.7. The molecule has 0 bridgehead atoms. The van der Waals surface area contributed by atoms with Gasteiger partial charge in [-0.2, -0.15) is 0 Å². The normalized spacial score (nSPS) is 10.3. The molecule has 2 aromatic rings. The number of esters is 1. The van der Waals surface area contributed by atoms with Crippen molar-refractivity contribution < 1.29 is 9.53 Å². The van der Waals surface area contributed by atoms with Gasteiger partial charge in [-0.15, -0.1) is 0 Å². The van der Waals surface area contributed by atoms with Crippen LogP contribution in [-0.2, 0) is 4.74 Å². The van der Waals surface area contributed by atoms with Crippen LogP contribution in [0.25, 0.3) is 11.1 Å². The third kappa shape index (κ3) is 3.03. The Hall–Kier alpha value is -1.78. The van der Waals surface area contributed by atoms with Gasteiger partial charge in [0, 0.05) is 33.4 Å². The number of hydrogen-bond acceptors (Lipinski definition) is 3. The molecule has 1 aromatic carbocycles. The van der Waals surface area contributed by atoms with E-state index in [1.807, 2.05) is 0 Å². The molecule has 20 heavy (non-hydrogen) atoms. The highest BCUT2D eigenvalue weighted by atomic mass is 35.5. The van der Waals surface area contributed by atoms with Crippen molar-refractivity contribution in [2.75, 3.05) is 6.61 Å². The number of aromatic nitrogens is 1. The molecule has 4 nitrogen and oxygen atoms in total. The van der Waals surface area contributed by atoms with E-state index in [0.717, 1.165) is 0 Å². The summed E-state index contributed by atoms with van der Waals surface area (Å²) in [7, 11) is 0. The van der Waals surface area contributed by atoms with Gasteiger partial charge in [-0.1, -0.05) is 23.2 Å². The van der Waals surface area contributed by atoms with Crippen LogP contribution in [0.1, 0.15) is 17.3 Å². The third-order valence-corrected chi connectivity index (χ3v) is 3.20.